The molecule has 7 nitrogen and oxygen atoms in total. The molecule has 0 amide bonds. The highest BCUT2D eigenvalue weighted by Crippen LogP contribution is 2.26. The Morgan fingerprint density at radius 3 is 2.76 bits per heavy atom. The zero-order valence-electron chi connectivity index (χ0n) is 11.9. The molecule has 2 heterocycles. The molecule has 2 rings (SSSR count). The summed E-state index contributed by atoms with van der Waals surface area (Å²) in [6.45, 7) is 2.21. The fourth-order valence-electron chi connectivity index (χ4n) is 2.39. The van der Waals surface area contributed by atoms with Crippen LogP contribution in [0.15, 0.2) is 15.5 Å². The molecule has 1 aromatic rings. The lowest BCUT2D eigenvalue weighted by molar-refractivity contribution is -0.141. The summed E-state index contributed by atoms with van der Waals surface area (Å²) >= 11 is 3.32. The number of halogens is 1. The quantitative estimate of drug-likeness (QED) is 0.781. The monoisotopic (exact) mass is 358 g/mol. The maximum atomic E-state index is 12.2. The van der Waals surface area contributed by atoms with E-state index in [1.807, 2.05) is 0 Å². The van der Waals surface area contributed by atoms with Crippen molar-refractivity contribution in [3.8, 4) is 0 Å². The lowest BCUT2D eigenvalue weighted by Crippen LogP contribution is -2.38. The van der Waals surface area contributed by atoms with Gasteiger partial charge in [-0.1, -0.05) is 0 Å². The number of ether oxygens (including phenoxy) is 1. The zero-order valence-corrected chi connectivity index (χ0v) is 13.5. The molecule has 0 unspecified atom stereocenters. The first-order valence-corrected chi connectivity index (χ1v) is 7.63. The lowest BCUT2D eigenvalue weighted by Gasteiger charge is -2.33. The Bertz CT molecular complexity index is 567. The SMILES string of the molecule is COC(=O)Cn1ncc(N2CCC(CN)CC2)c(Br)c1=O. The van der Waals surface area contributed by atoms with Crippen molar-refractivity contribution in [3.63, 3.8) is 0 Å². The first kappa shape index (κ1) is 16.0. The molecule has 1 aromatic heterocycles. The van der Waals surface area contributed by atoms with Crippen molar-refractivity contribution >= 4 is 27.6 Å². The number of hydrogen-bond acceptors (Lipinski definition) is 6. The van der Waals surface area contributed by atoms with Crippen LogP contribution in [0.4, 0.5) is 5.69 Å². The van der Waals surface area contributed by atoms with Crippen molar-refractivity contribution in [2.75, 3.05) is 31.6 Å². The smallest absolute Gasteiger partial charge is 0.327 e. The van der Waals surface area contributed by atoms with Gasteiger partial charge in [-0.3, -0.25) is 9.59 Å². The Morgan fingerprint density at radius 1 is 1.52 bits per heavy atom. The number of piperidine rings is 1. The van der Waals surface area contributed by atoms with Crippen LogP contribution >= 0.6 is 15.9 Å². The Balaban J connectivity index is 2.17. The van der Waals surface area contributed by atoms with Gasteiger partial charge >= 0.3 is 5.97 Å². The lowest BCUT2D eigenvalue weighted by atomic mass is 9.97. The minimum absolute atomic E-state index is 0.191. The molecule has 1 aliphatic heterocycles. The third-order valence-electron chi connectivity index (χ3n) is 3.76. The Hall–Kier alpha value is -1.41. The molecular weight excluding hydrogens is 340 g/mol. The van der Waals surface area contributed by atoms with E-state index in [0.717, 1.165) is 36.3 Å². The summed E-state index contributed by atoms with van der Waals surface area (Å²) in [5.41, 5.74) is 6.11. The highest BCUT2D eigenvalue weighted by Gasteiger charge is 2.22. The van der Waals surface area contributed by atoms with Gasteiger partial charge in [-0.25, -0.2) is 4.68 Å². The van der Waals surface area contributed by atoms with Crippen LogP contribution in [-0.2, 0) is 16.1 Å². The first-order valence-electron chi connectivity index (χ1n) is 6.84. The standard InChI is InChI=1S/C13H19BrN4O3/c1-21-11(19)8-18-13(20)12(14)10(7-16-18)17-4-2-9(6-15)3-5-17/h7,9H,2-6,8,15H2,1H3. The topological polar surface area (TPSA) is 90.5 Å². The van der Waals surface area contributed by atoms with Gasteiger partial charge in [-0.2, -0.15) is 5.10 Å². The molecule has 0 atom stereocenters. The van der Waals surface area contributed by atoms with E-state index in [-0.39, 0.29) is 12.1 Å². The van der Waals surface area contributed by atoms with Gasteiger partial charge in [-0.15, -0.1) is 0 Å². The van der Waals surface area contributed by atoms with Gasteiger partial charge in [0.25, 0.3) is 5.56 Å². The van der Waals surface area contributed by atoms with Crippen molar-refractivity contribution in [1.29, 1.82) is 0 Å². The number of nitrogens with two attached hydrogens (primary N) is 1. The molecule has 0 saturated carbocycles. The second-order valence-corrected chi connectivity index (χ2v) is 5.84. The van der Waals surface area contributed by atoms with Crippen molar-refractivity contribution in [2.24, 2.45) is 11.7 Å². The predicted octanol–water partition coefficient (Wildman–Crippen LogP) is 0.354. The van der Waals surface area contributed by atoms with Crippen molar-refractivity contribution < 1.29 is 9.53 Å². The fourth-order valence-corrected chi connectivity index (χ4v) is 2.94. The van der Waals surface area contributed by atoms with E-state index >= 15 is 0 Å². The first-order chi connectivity index (χ1) is 10.1. The number of carbonyl (C=O) groups is 1. The van der Waals surface area contributed by atoms with Crippen molar-refractivity contribution in [3.05, 3.63) is 21.0 Å². The maximum Gasteiger partial charge on any atom is 0.327 e. The molecule has 116 valence electrons. The number of rotatable bonds is 4. The second kappa shape index (κ2) is 7.04. The van der Waals surface area contributed by atoms with Crippen LogP contribution in [0.5, 0.6) is 0 Å². The number of methoxy groups -OCH3 is 1. The van der Waals surface area contributed by atoms with E-state index in [2.05, 4.69) is 30.7 Å². The van der Waals surface area contributed by atoms with Crippen molar-refractivity contribution in [2.45, 2.75) is 19.4 Å². The van der Waals surface area contributed by atoms with E-state index in [0.29, 0.717) is 16.9 Å². The van der Waals surface area contributed by atoms with Crippen LogP contribution in [0.3, 0.4) is 0 Å². The van der Waals surface area contributed by atoms with Gasteiger partial charge in [0, 0.05) is 13.1 Å². The highest BCUT2D eigenvalue weighted by atomic mass is 79.9. The summed E-state index contributed by atoms with van der Waals surface area (Å²) in [6, 6.07) is 0. The number of carbonyl (C=O) groups excluding carboxylic acids is 1. The minimum Gasteiger partial charge on any atom is -0.468 e. The molecule has 1 aliphatic rings. The molecule has 0 aliphatic carbocycles. The van der Waals surface area contributed by atoms with Gasteiger partial charge in [0.2, 0.25) is 0 Å². The van der Waals surface area contributed by atoms with E-state index in [1.165, 1.54) is 7.11 Å². The summed E-state index contributed by atoms with van der Waals surface area (Å²) in [5.74, 6) is 0.0423. The molecule has 0 aromatic carbocycles. The molecular formula is C13H19BrN4O3. The average molecular weight is 359 g/mol. The van der Waals surface area contributed by atoms with E-state index < -0.39 is 5.97 Å². The maximum absolute atomic E-state index is 12.2. The number of hydrogen-bond donors (Lipinski definition) is 1. The molecule has 1 saturated heterocycles. The molecule has 0 spiro atoms. The highest BCUT2D eigenvalue weighted by molar-refractivity contribution is 9.10. The number of aromatic nitrogens is 2. The zero-order chi connectivity index (χ0) is 15.4. The number of esters is 1. The molecule has 1 fully saturated rings. The largest absolute Gasteiger partial charge is 0.468 e. The van der Waals surface area contributed by atoms with Gasteiger partial charge in [0.05, 0.1) is 19.0 Å². The van der Waals surface area contributed by atoms with Crippen LogP contribution in [0.1, 0.15) is 12.8 Å². The average Bonchev–Trinajstić information content (AvgIpc) is 2.52. The summed E-state index contributed by atoms with van der Waals surface area (Å²) < 4.78 is 6.06. The van der Waals surface area contributed by atoms with Gasteiger partial charge < -0.3 is 15.4 Å². The van der Waals surface area contributed by atoms with Gasteiger partial charge in [0.1, 0.15) is 11.0 Å². The third kappa shape index (κ3) is 3.62. The summed E-state index contributed by atoms with van der Waals surface area (Å²) in [7, 11) is 1.28. The van der Waals surface area contributed by atoms with Crippen LogP contribution in [0.25, 0.3) is 0 Å². The van der Waals surface area contributed by atoms with Gasteiger partial charge in [0.15, 0.2) is 0 Å². The minimum atomic E-state index is -0.506. The summed E-state index contributed by atoms with van der Waals surface area (Å²) in [4.78, 5) is 25.6. The number of nitrogens with zero attached hydrogens (tertiary/aromatic N) is 3. The molecule has 8 heteroatoms. The summed E-state index contributed by atoms with van der Waals surface area (Å²) in [5, 5.41) is 4.05. The predicted molar refractivity (Wildman–Crippen MR) is 82.2 cm³/mol. The van der Waals surface area contributed by atoms with E-state index in [4.69, 9.17) is 5.73 Å². The molecule has 2 N–H and O–H groups in total. The summed E-state index contributed by atoms with van der Waals surface area (Å²) in [6.07, 6.45) is 3.62. The Kier molecular flexibility index (Phi) is 5.35. The molecule has 0 bridgehead atoms. The Labute approximate surface area is 131 Å². The van der Waals surface area contributed by atoms with Crippen LogP contribution in [-0.4, -0.2) is 42.5 Å². The van der Waals surface area contributed by atoms with Crippen molar-refractivity contribution in [1.82, 2.24) is 9.78 Å². The molecule has 21 heavy (non-hydrogen) atoms. The van der Waals surface area contributed by atoms with Crippen LogP contribution in [0, 0.1) is 5.92 Å². The number of anilines is 1. The normalized spacial score (nSPS) is 16.0. The van der Waals surface area contributed by atoms with E-state index in [1.54, 1.807) is 6.20 Å². The second-order valence-electron chi connectivity index (χ2n) is 5.05. The van der Waals surface area contributed by atoms with Crippen LogP contribution < -0.4 is 16.2 Å². The molecule has 0 radical (unpaired) electrons. The van der Waals surface area contributed by atoms with Crippen LogP contribution in [0.2, 0.25) is 0 Å². The fraction of sp³-hybridized carbons (Fsp3) is 0.615. The van der Waals surface area contributed by atoms with E-state index in [9.17, 15) is 9.59 Å². The Morgan fingerprint density at radius 2 is 2.19 bits per heavy atom. The third-order valence-corrected chi connectivity index (χ3v) is 4.51. The van der Waals surface area contributed by atoms with Gasteiger partial charge in [-0.05, 0) is 41.2 Å².